The Morgan fingerprint density at radius 1 is 1.33 bits per heavy atom. The second-order valence-electron chi connectivity index (χ2n) is 5.02. The molecular weight excluding hydrogens is 296 g/mol. The van der Waals surface area contributed by atoms with Crippen molar-refractivity contribution in [2.24, 2.45) is 7.05 Å². The summed E-state index contributed by atoms with van der Waals surface area (Å²) in [6, 6.07) is 1.87. The highest BCUT2D eigenvalue weighted by Crippen LogP contribution is 2.26. The van der Waals surface area contributed by atoms with Crippen LogP contribution in [-0.4, -0.2) is 16.3 Å². The maximum Gasteiger partial charge on any atom is 0.142 e. The molecule has 1 atom stereocenters. The Labute approximate surface area is 127 Å². The van der Waals surface area contributed by atoms with Gasteiger partial charge in [-0.1, -0.05) is 18.5 Å². The number of aryl methyl sites for hydroxylation is 1. The third kappa shape index (κ3) is 4.02. The quantitative estimate of drug-likeness (QED) is 0.825. The highest BCUT2D eigenvalue weighted by molar-refractivity contribution is 6.30. The van der Waals surface area contributed by atoms with Crippen molar-refractivity contribution in [2.45, 2.75) is 25.8 Å². The zero-order chi connectivity index (χ0) is 15.4. The Bertz CT molecular complexity index is 613. The molecule has 0 amide bonds. The van der Waals surface area contributed by atoms with Crippen LogP contribution in [0, 0.1) is 11.6 Å². The van der Waals surface area contributed by atoms with Gasteiger partial charge in [0, 0.05) is 24.8 Å². The van der Waals surface area contributed by atoms with Gasteiger partial charge in [0.25, 0.3) is 0 Å². The largest absolute Gasteiger partial charge is 0.310 e. The number of rotatable bonds is 6. The molecule has 1 aromatic heterocycles. The molecule has 0 radical (unpaired) electrons. The van der Waals surface area contributed by atoms with Gasteiger partial charge in [-0.2, -0.15) is 5.10 Å². The lowest BCUT2D eigenvalue weighted by atomic mass is 9.99. The van der Waals surface area contributed by atoms with E-state index in [2.05, 4.69) is 10.4 Å². The zero-order valence-corrected chi connectivity index (χ0v) is 12.8. The van der Waals surface area contributed by atoms with Crippen LogP contribution in [0.1, 0.15) is 30.5 Å². The van der Waals surface area contributed by atoms with Crippen molar-refractivity contribution in [3.63, 3.8) is 0 Å². The average molecular weight is 314 g/mol. The first-order valence-electron chi connectivity index (χ1n) is 6.86. The Morgan fingerprint density at radius 3 is 2.71 bits per heavy atom. The first kappa shape index (κ1) is 15.9. The summed E-state index contributed by atoms with van der Waals surface area (Å²) in [6.07, 6.45) is 5.03. The highest BCUT2D eigenvalue weighted by atomic mass is 35.5. The van der Waals surface area contributed by atoms with Crippen LogP contribution in [0.2, 0.25) is 5.02 Å². The SMILES string of the molecule is CCCNC(Cc1cnn(C)c1)c1cc(F)c(Cl)cc1F. The lowest BCUT2D eigenvalue weighted by Gasteiger charge is -2.19. The van der Waals surface area contributed by atoms with Crippen LogP contribution in [0.5, 0.6) is 0 Å². The minimum Gasteiger partial charge on any atom is -0.310 e. The van der Waals surface area contributed by atoms with Crippen molar-refractivity contribution >= 4 is 11.6 Å². The summed E-state index contributed by atoms with van der Waals surface area (Å²) in [7, 11) is 1.82. The van der Waals surface area contributed by atoms with Crippen LogP contribution in [0.25, 0.3) is 0 Å². The molecular formula is C15H18ClF2N3. The molecule has 0 saturated heterocycles. The molecule has 1 N–H and O–H groups in total. The molecule has 0 fully saturated rings. The molecule has 1 unspecified atom stereocenters. The maximum atomic E-state index is 14.1. The Kier molecular flexibility index (Phi) is 5.31. The first-order valence-corrected chi connectivity index (χ1v) is 7.24. The second kappa shape index (κ2) is 7.00. The molecule has 1 aromatic carbocycles. The van der Waals surface area contributed by atoms with Crippen LogP contribution < -0.4 is 5.32 Å². The Balaban J connectivity index is 2.28. The summed E-state index contributed by atoms with van der Waals surface area (Å²) in [5, 5.41) is 7.14. The van der Waals surface area contributed by atoms with E-state index in [4.69, 9.17) is 11.6 Å². The molecule has 0 aliphatic rings. The number of halogens is 3. The standard InChI is InChI=1S/C15H18ClF2N3/c1-3-4-19-15(5-10-8-20-21(2)9-10)11-6-14(18)12(16)7-13(11)17/h6-9,15,19H,3-5H2,1-2H3. The van der Waals surface area contributed by atoms with E-state index >= 15 is 0 Å². The van der Waals surface area contributed by atoms with Gasteiger partial charge in [-0.3, -0.25) is 4.68 Å². The number of nitrogens with zero attached hydrogens (tertiary/aromatic N) is 2. The predicted molar refractivity (Wildman–Crippen MR) is 79.3 cm³/mol. The maximum absolute atomic E-state index is 14.1. The van der Waals surface area contributed by atoms with E-state index < -0.39 is 11.6 Å². The molecule has 2 aromatic rings. The molecule has 6 heteroatoms. The number of aromatic nitrogens is 2. The monoisotopic (exact) mass is 313 g/mol. The summed E-state index contributed by atoms with van der Waals surface area (Å²) >= 11 is 5.61. The van der Waals surface area contributed by atoms with E-state index in [1.54, 1.807) is 10.9 Å². The van der Waals surface area contributed by atoms with Crippen LogP contribution in [-0.2, 0) is 13.5 Å². The fourth-order valence-corrected chi connectivity index (χ4v) is 2.38. The first-order chi connectivity index (χ1) is 10.0. The number of hydrogen-bond acceptors (Lipinski definition) is 2. The number of nitrogens with one attached hydrogen (secondary N) is 1. The number of benzene rings is 1. The van der Waals surface area contributed by atoms with E-state index in [0.29, 0.717) is 13.0 Å². The lowest BCUT2D eigenvalue weighted by Crippen LogP contribution is -2.25. The molecule has 0 aliphatic heterocycles. The van der Waals surface area contributed by atoms with Gasteiger partial charge in [0.1, 0.15) is 11.6 Å². The van der Waals surface area contributed by atoms with Gasteiger partial charge < -0.3 is 5.32 Å². The third-order valence-electron chi connectivity index (χ3n) is 3.25. The second-order valence-corrected chi connectivity index (χ2v) is 5.43. The molecule has 0 spiro atoms. The molecule has 114 valence electrons. The summed E-state index contributed by atoms with van der Waals surface area (Å²) in [5.74, 6) is -1.11. The normalized spacial score (nSPS) is 12.6. The van der Waals surface area contributed by atoms with Crippen molar-refractivity contribution in [3.05, 3.63) is 52.3 Å². The predicted octanol–water partition coefficient (Wildman–Crippen LogP) is 3.64. The van der Waals surface area contributed by atoms with Crippen LogP contribution >= 0.6 is 11.6 Å². The van der Waals surface area contributed by atoms with E-state index in [-0.39, 0.29) is 16.6 Å². The average Bonchev–Trinajstić information content (AvgIpc) is 2.84. The van der Waals surface area contributed by atoms with Crippen molar-refractivity contribution < 1.29 is 8.78 Å². The number of hydrogen-bond donors (Lipinski definition) is 1. The van der Waals surface area contributed by atoms with Crippen LogP contribution in [0.3, 0.4) is 0 Å². The van der Waals surface area contributed by atoms with E-state index in [1.165, 1.54) is 6.07 Å². The van der Waals surface area contributed by atoms with E-state index in [0.717, 1.165) is 18.1 Å². The summed E-state index contributed by atoms with van der Waals surface area (Å²) < 4.78 is 29.4. The molecule has 0 aliphatic carbocycles. The van der Waals surface area contributed by atoms with Crippen molar-refractivity contribution in [1.29, 1.82) is 0 Å². The van der Waals surface area contributed by atoms with Gasteiger partial charge in [-0.15, -0.1) is 0 Å². The van der Waals surface area contributed by atoms with Gasteiger partial charge in [0.2, 0.25) is 0 Å². The van der Waals surface area contributed by atoms with Gasteiger partial charge in [-0.25, -0.2) is 8.78 Å². The molecule has 1 heterocycles. The van der Waals surface area contributed by atoms with E-state index in [1.807, 2.05) is 20.2 Å². The Morgan fingerprint density at radius 2 is 2.10 bits per heavy atom. The fourth-order valence-electron chi connectivity index (χ4n) is 2.23. The molecule has 0 bridgehead atoms. The summed E-state index contributed by atoms with van der Waals surface area (Å²) in [5.41, 5.74) is 1.25. The van der Waals surface area contributed by atoms with Gasteiger partial charge in [-0.05, 0) is 37.1 Å². The minimum absolute atomic E-state index is 0.202. The highest BCUT2D eigenvalue weighted by Gasteiger charge is 2.19. The van der Waals surface area contributed by atoms with Gasteiger partial charge in [0.05, 0.1) is 11.2 Å². The fraction of sp³-hybridized carbons (Fsp3) is 0.400. The van der Waals surface area contributed by atoms with Crippen molar-refractivity contribution in [1.82, 2.24) is 15.1 Å². The molecule has 21 heavy (non-hydrogen) atoms. The van der Waals surface area contributed by atoms with E-state index in [9.17, 15) is 8.78 Å². The van der Waals surface area contributed by atoms with Gasteiger partial charge in [0.15, 0.2) is 0 Å². The topological polar surface area (TPSA) is 29.9 Å². The van der Waals surface area contributed by atoms with Crippen molar-refractivity contribution in [3.8, 4) is 0 Å². The minimum atomic E-state index is -0.609. The smallest absolute Gasteiger partial charge is 0.142 e. The molecule has 3 nitrogen and oxygen atoms in total. The lowest BCUT2D eigenvalue weighted by molar-refractivity contribution is 0.490. The molecule has 0 saturated carbocycles. The Hall–Kier alpha value is -1.46. The summed E-state index contributed by atoms with van der Waals surface area (Å²) in [4.78, 5) is 0. The third-order valence-corrected chi connectivity index (χ3v) is 3.54. The van der Waals surface area contributed by atoms with Crippen LogP contribution in [0.15, 0.2) is 24.5 Å². The summed E-state index contributed by atoms with van der Waals surface area (Å²) in [6.45, 7) is 2.74. The van der Waals surface area contributed by atoms with Crippen LogP contribution in [0.4, 0.5) is 8.78 Å². The zero-order valence-electron chi connectivity index (χ0n) is 12.0. The molecule has 2 rings (SSSR count). The van der Waals surface area contributed by atoms with Crippen molar-refractivity contribution in [2.75, 3.05) is 6.54 Å². The van der Waals surface area contributed by atoms with Gasteiger partial charge >= 0.3 is 0 Å².